The monoisotopic (exact) mass is 422 g/mol. The zero-order valence-corrected chi connectivity index (χ0v) is 21.8. The summed E-state index contributed by atoms with van der Waals surface area (Å²) in [4.78, 5) is 2.86. The highest BCUT2D eigenvalue weighted by Crippen LogP contribution is 2.38. The molecular formula is C26H54N4. The second-order valence-electron chi connectivity index (χ2n) is 13.2. The Morgan fingerprint density at radius 3 is 1.50 bits per heavy atom. The molecule has 0 radical (unpaired) electrons. The Balaban J connectivity index is 2.21. The van der Waals surface area contributed by atoms with Crippen molar-refractivity contribution < 1.29 is 0 Å². The predicted molar refractivity (Wildman–Crippen MR) is 132 cm³/mol. The van der Waals surface area contributed by atoms with Gasteiger partial charge >= 0.3 is 0 Å². The standard InChI is InChI=1S/C26H54N4/c1-10-11-12-13-14-20(27)19-30(21-15-23(2,3)28-24(4,5)16-21)22-17-25(6,7)29-26(8,9)18-22/h20-22,28-29H,10-19,27H2,1-9H3. The molecule has 2 rings (SSSR count). The van der Waals surface area contributed by atoms with Crippen LogP contribution in [0.3, 0.4) is 0 Å². The first-order valence-corrected chi connectivity index (χ1v) is 12.7. The molecule has 0 spiro atoms. The molecule has 2 aliphatic rings. The van der Waals surface area contributed by atoms with Crippen LogP contribution in [0.4, 0.5) is 0 Å². The van der Waals surface area contributed by atoms with Gasteiger partial charge in [0.15, 0.2) is 0 Å². The SMILES string of the molecule is CCCCCCC(N)CN(C1CC(C)(C)NC(C)(C)C1)C1CC(C)(C)NC(C)(C)C1. The third-order valence-corrected chi connectivity index (χ3v) is 7.15. The van der Waals surface area contributed by atoms with Gasteiger partial charge in [0.1, 0.15) is 0 Å². The van der Waals surface area contributed by atoms with Gasteiger partial charge in [0, 0.05) is 46.8 Å². The first-order chi connectivity index (χ1) is 13.6. The molecule has 4 heteroatoms. The van der Waals surface area contributed by atoms with E-state index in [1.54, 1.807) is 0 Å². The zero-order valence-electron chi connectivity index (χ0n) is 21.8. The minimum atomic E-state index is 0.161. The Bertz CT molecular complexity index is 467. The van der Waals surface area contributed by atoms with E-state index in [2.05, 4.69) is 77.8 Å². The van der Waals surface area contributed by atoms with Crippen LogP contribution < -0.4 is 16.4 Å². The molecule has 1 unspecified atom stereocenters. The average molecular weight is 423 g/mol. The summed E-state index contributed by atoms with van der Waals surface area (Å²) in [6.07, 6.45) is 11.2. The van der Waals surface area contributed by atoms with Gasteiger partial charge in [-0.3, -0.25) is 4.90 Å². The minimum absolute atomic E-state index is 0.161. The fourth-order valence-electron chi connectivity index (χ4n) is 6.80. The van der Waals surface area contributed by atoms with E-state index in [4.69, 9.17) is 5.73 Å². The van der Waals surface area contributed by atoms with Crippen LogP contribution >= 0.6 is 0 Å². The second-order valence-corrected chi connectivity index (χ2v) is 13.2. The Morgan fingerprint density at radius 1 is 0.733 bits per heavy atom. The quantitative estimate of drug-likeness (QED) is 0.447. The lowest BCUT2D eigenvalue weighted by molar-refractivity contribution is -0.00568. The number of nitrogens with zero attached hydrogens (tertiary/aromatic N) is 1. The Kier molecular flexibility index (Phi) is 8.50. The third kappa shape index (κ3) is 8.07. The lowest BCUT2D eigenvalue weighted by Gasteiger charge is -2.55. The predicted octanol–water partition coefficient (Wildman–Crippen LogP) is 5.20. The average Bonchev–Trinajstić information content (AvgIpc) is 2.50. The normalized spacial score (nSPS) is 27.3. The van der Waals surface area contributed by atoms with Crippen molar-refractivity contribution in [3.63, 3.8) is 0 Å². The molecule has 0 aromatic heterocycles. The van der Waals surface area contributed by atoms with Crippen molar-refractivity contribution in [1.29, 1.82) is 0 Å². The van der Waals surface area contributed by atoms with Gasteiger partial charge in [-0.15, -0.1) is 0 Å². The van der Waals surface area contributed by atoms with Crippen LogP contribution in [-0.2, 0) is 0 Å². The summed E-state index contributed by atoms with van der Waals surface area (Å²) in [5, 5.41) is 7.77. The van der Waals surface area contributed by atoms with E-state index >= 15 is 0 Å². The Morgan fingerprint density at radius 2 is 1.13 bits per heavy atom. The van der Waals surface area contributed by atoms with Crippen molar-refractivity contribution in [3.05, 3.63) is 0 Å². The van der Waals surface area contributed by atoms with Crippen LogP contribution in [0.25, 0.3) is 0 Å². The Labute approximate surface area is 188 Å². The van der Waals surface area contributed by atoms with Gasteiger partial charge in [-0.2, -0.15) is 0 Å². The molecule has 2 heterocycles. The molecule has 0 aromatic rings. The number of hydrogen-bond donors (Lipinski definition) is 3. The molecule has 0 aliphatic carbocycles. The van der Waals surface area contributed by atoms with Gasteiger partial charge in [-0.05, 0) is 87.5 Å². The summed E-state index contributed by atoms with van der Waals surface area (Å²) in [5.74, 6) is 0. The van der Waals surface area contributed by atoms with Crippen molar-refractivity contribution in [2.24, 2.45) is 5.73 Å². The van der Waals surface area contributed by atoms with Gasteiger partial charge in [-0.25, -0.2) is 0 Å². The molecule has 1 atom stereocenters. The van der Waals surface area contributed by atoms with Crippen molar-refractivity contribution in [2.75, 3.05) is 6.54 Å². The maximum Gasteiger partial charge on any atom is 0.0168 e. The highest BCUT2D eigenvalue weighted by atomic mass is 15.2. The van der Waals surface area contributed by atoms with Gasteiger partial charge in [0.05, 0.1) is 0 Å². The smallest absolute Gasteiger partial charge is 0.0168 e. The molecule has 0 bridgehead atoms. The maximum absolute atomic E-state index is 6.77. The van der Waals surface area contributed by atoms with E-state index < -0.39 is 0 Å². The molecular weight excluding hydrogens is 368 g/mol. The van der Waals surface area contributed by atoms with Gasteiger partial charge in [-0.1, -0.05) is 32.6 Å². The number of unbranched alkanes of at least 4 members (excludes halogenated alkanes) is 3. The van der Waals surface area contributed by atoms with Crippen LogP contribution in [0, 0.1) is 0 Å². The zero-order chi connectivity index (χ0) is 22.8. The van der Waals surface area contributed by atoms with Crippen molar-refractivity contribution in [3.8, 4) is 0 Å². The van der Waals surface area contributed by atoms with Crippen LogP contribution in [0.5, 0.6) is 0 Å². The Hall–Kier alpha value is -0.160. The number of nitrogens with two attached hydrogens (primary N) is 1. The van der Waals surface area contributed by atoms with E-state index in [-0.39, 0.29) is 28.2 Å². The third-order valence-electron chi connectivity index (χ3n) is 7.15. The summed E-state index contributed by atoms with van der Waals surface area (Å²) in [6, 6.07) is 1.46. The molecule has 0 aromatic carbocycles. The summed E-state index contributed by atoms with van der Waals surface area (Å²) < 4.78 is 0. The highest BCUT2D eigenvalue weighted by molar-refractivity contribution is 5.05. The molecule has 2 saturated heterocycles. The van der Waals surface area contributed by atoms with E-state index in [0.29, 0.717) is 12.1 Å². The number of hydrogen-bond acceptors (Lipinski definition) is 4. The number of piperidine rings is 2. The molecule has 0 amide bonds. The number of nitrogens with one attached hydrogen (secondary N) is 2. The van der Waals surface area contributed by atoms with E-state index in [1.165, 1.54) is 51.4 Å². The van der Waals surface area contributed by atoms with Gasteiger partial charge in [0.2, 0.25) is 0 Å². The van der Waals surface area contributed by atoms with E-state index in [9.17, 15) is 0 Å². The fourth-order valence-corrected chi connectivity index (χ4v) is 6.80. The molecule has 0 saturated carbocycles. The second kappa shape index (κ2) is 9.77. The molecule has 4 nitrogen and oxygen atoms in total. The van der Waals surface area contributed by atoms with E-state index in [1.807, 2.05) is 0 Å². The van der Waals surface area contributed by atoms with Crippen LogP contribution in [0.15, 0.2) is 0 Å². The van der Waals surface area contributed by atoms with Crippen molar-refractivity contribution >= 4 is 0 Å². The summed E-state index contributed by atoms with van der Waals surface area (Å²) in [7, 11) is 0. The molecule has 2 aliphatic heterocycles. The maximum atomic E-state index is 6.77. The van der Waals surface area contributed by atoms with Crippen LogP contribution in [-0.4, -0.2) is 51.7 Å². The van der Waals surface area contributed by atoms with Gasteiger partial charge in [0.25, 0.3) is 0 Å². The minimum Gasteiger partial charge on any atom is -0.327 e. The molecule has 4 N–H and O–H groups in total. The highest BCUT2D eigenvalue weighted by Gasteiger charge is 2.45. The lowest BCUT2D eigenvalue weighted by atomic mass is 9.75. The lowest BCUT2D eigenvalue weighted by Crippen LogP contribution is -2.67. The summed E-state index contributed by atoms with van der Waals surface area (Å²) in [5.41, 5.74) is 7.41. The first-order valence-electron chi connectivity index (χ1n) is 12.7. The summed E-state index contributed by atoms with van der Waals surface area (Å²) in [6.45, 7) is 22.3. The van der Waals surface area contributed by atoms with Crippen LogP contribution in [0.1, 0.15) is 120 Å². The van der Waals surface area contributed by atoms with Crippen molar-refractivity contribution in [1.82, 2.24) is 15.5 Å². The summed E-state index contributed by atoms with van der Waals surface area (Å²) >= 11 is 0. The van der Waals surface area contributed by atoms with Gasteiger partial charge < -0.3 is 16.4 Å². The fraction of sp³-hybridized carbons (Fsp3) is 1.00. The van der Waals surface area contributed by atoms with Crippen LogP contribution in [0.2, 0.25) is 0 Å². The first kappa shape index (κ1) is 26.1. The topological polar surface area (TPSA) is 53.3 Å². The molecule has 178 valence electrons. The largest absolute Gasteiger partial charge is 0.327 e. The molecule has 30 heavy (non-hydrogen) atoms. The van der Waals surface area contributed by atoms with E-state index in [0.717, 1.165) is 13.0 Å². The molecule has 2 fully saturated rings. The van der Waals surface area contributed by atoms with Crippen molar-refractivity contribution in [2.45, 2.75) is 160 Å². The number of rotatable bonds is 9.